The topological polar surface area (TPSA) is 101 Å². The molecule has 8 nitrogen and oxygen atoms in total. The molecule has 9 heteroatoms. The second kappa shape index (κ2) is 8.20. The van der Waals surface area contributed by atoms with Crippen molar-refractivity contribution < 1.29 is 19.1 Å². The van der Waals surface area contributed by atoms with Gasteiger partial charge in [-0.2, -0.15) is 0 Å². The molecular weight excluding hydrogens is 392 g/mol. The molecule has 2 heterocycles. The number of aromatic nitrogens is 1. The lowest BCUT2D eigenvalue weighted by atomic mass is 10.1. The highest BCUT2D eigenvalue weighted by Crippen LogP contribution is 2.30. The van der Waals surface area contributed by atoms with Gasteiger partial charge in [-0.1, -0.05) is 12.1 Å². The number of amides is 4. The summed E-state index contributed by atoms with van der Waals surface area (Å²) in [6.07, 6.45) is 3.50. The van der Waals surface area contributed by atoms with E-state index in [1.807, 2.05) is 12.1 Å². The summed E-state index contributed by atoms with van der Waals surface area (Å²) in [6.45, 7) is 0.183. The van der Waals surface area contributed by atoms with Crippen molar-refractivity contribution in [2.24, 2.45) is 0 Å². The van der Waals surface area contributed by atoms with E-state index in [0.717, 1.165) is 30.5 Å². The predicted octanol–water partition coefficient (Wildman–Crippen LogP) is 2.48. The summed E-state index contributed by atoms with van der Waals surface area (Å²) in [7, 11) is 1.58. The molecule has 2 aromatic rings. The Morgan fingerprint density at radius 2 is 2.10 bits per heavy atom. The maximum atomic E-state index is 12.6. The second-order valence-corrected chi connectivity index (χ2v) is 8.19. The number of methoxy groups -OCH3 is 1. The quantitative estimate of drug-likeness (QED) is 0.678. The van der Waals surface area contributed by atoms with Crippen LogP contribution in [-0.2, 0) is 29.0 Å². The molecule has 2 aliphatic rings. The second-order valence-electron chi connectivity index (χ2n) is 7.10. The fourth-order valence-corrected chi connectivity index (χ4v) is 4.60. The molecule has 4 amide bonds. The van der Waals surface area contributed by atoms with Gasteiger partial charge in [0.05, 0.1) is 19.3 Å². The van der Waals surface area contributed by atoms with Crippen LogP contribution in [-0.4, -0.2) is 40.9 Å². The lowest BCUT2D eigenvalue weighted by Crippen LogP contribution is -2.31. The fraction of sp³-hybridized carbons (Fsp3) is 0.400. The maximum absolute atomic E-state index is 12.6. The molecule has 0 radical (unpaired) electrons. The first-order valence-corrected chi connectivity index (χ1v) is 10.4. The van der Waals surface area contributed by atoms with Crippen molar-refractivity contribution in [3.05, 3.63) is 40.4 Å². The van der Waals surface area contributed by atoms with Gasteiger partial charge >= 0.3 is 6.03 Å². The Morgan fingerprint density at radius 3 is 2.83 bits per heavy atom. The van der Waals surface area contributed by atoms with Crippen molar-refractivity contribution >= 4 is 34.3 Å². The first-order valence-electron chi connectivity index (χ1n) is 9.56. The minimum absolute atomic E-state index is 0.136. The van der Waals surface area contributed by atoms with Crippen LogP contribution in [0.15, 0.2) is 24.3 Å². The maximum Gasteiger partial charge on any atom is 0.325 e. The number of urea groups is 1. The zero-order valence-electron chi connectivity index (χ0n) is 16.1. The molecule has 29 heavy (non-hydrogen) atoms. The minimum Gasteiger partial charge on any atom is -0.497 e. The molecule has 152 valence electrons. The molecule has 1 aliphatic heterocycles. The summed E-state index contributed by atoms with van der Waals surface area (Å²) in [6, 6.07) is 6.06. The molecule has 1 saturated heterocycles. The number of anilines is 1. The number of carbonyl (C=O) groups is 3. The van der Waals surface area contributed by atoms with Gasteiger partial charge in [0.15, 0.2) is 5.13 Å². The van der Waals surface area contributed by atoms with Crippen molar-refractivity contribution in [1.29, 1.82) is 0 Å². The third-order valence-corrected chi connectivity index (χ3v) is 6.18. The molecule has 1 atom stereocenters. The third kappa shape index (κ3) is 4.24. The first-order chi connectivity index (χ1) is 14.0. The van der Waals surface area contributed by atoms with Gasteiger partial charge in [0.25, 0.3) is 5.91 Å². The highest BCUT2D eigenvalue weighted by atomic mass is 32.1. The number of benzene rings is 1. The number of fused-ring (bicyclic) bond motifs is 1. The molecule has 1 unspecified atom stereocenters. The summed E-state index contributed by atoms with van der Waals surface area (Å²) < 4.78 is 5.11. The van der Waals surface area contributed by atoms with Crippen LogP contribution in [0.2, 0.25) is 0 Å². The van der Waals surface area contributed by atoms with Gasteiger partial charge in [-0.15, -0.1) is 11.3 Å². The van der Waals surface area contributed by atoms with E-state index < -0.39 is 12.1 Å². The van der Waals surface area contributed by atoms with Gasteiger partial charge in [-0.05, 0) is 43.4 Å². The summed E-state index contributed by atoms with van der Waals surface area (Å²) >= 11 is 1.52. The lowest BCUT2D eigenvalue weighted by Gasteiger charge is -2.13. The average molecular weight is 414 g/mol. The minimum atomic E-state index is -0.687. The van der Waals surface area contributed by atoms with Gasteiger partial charge in [-0.25, -0.2) is 9.78 Å². The molecular formula is C20H22N4O4S. The number of hydrogen-bond donors (Lipinski definition) is 2. The van der Waals surface area contributed by atoms with Gasteiger partial charge in [0.2, 0.25) is 5.91 Å². The number of nitrogens with one attached hydrogen (secondary N) is 2. The van der Waals surface area contributed by atoms with Gasteiger partial charge in [0, 0.05) is 11.3 Å². The smallest absolute Gasteiger partial charge is 0.325 e. The van der Waals surface area contributed by atoms with Crippen LogP contribution in [0.3, 0.4) is 0 Å². The SMILES string of the molecule is COc1ccc(CN2C(=O)NC(CCC(=O)Nc3nc4c(s3)CCC4)C2=O)cc1. The highest BCUT2D eigenvalue weighted by Gasteiger charge is 2.37. The molecule has 2 N–H and O–H groups in total. The summed E-state index contributed by atoms with van der Waals surface area (Å²) in [4.78, 5) is 43.9. The number of imide groups is 1. The lowest BCUT2D eigenvalue weighted by molar-refractivity contribution is -0.128. The van der Waals surface area contributed by atoms with Crippen molar-refractivity contribution in [1.82, 2.24) is 15.2 Å². The van der Waals surface area contributed by atoms with Gasteiger partial charge in [0.1, 0.15) is 11.8 Å². The average Bonchev–Trinajstić information content (AvgIpc) is 3.37. The van der Waals surface area contributed by atoms with E-state index >= 15 is 0 Å². The summed E-state index contributed by atoms with van der Waals surface area (Å²) in [5, 5.41) is 6.08. The van der Waals surface area contributed by atoms with E-state index in [4.69, 9.17) is 4.74 Å². The Kier molecular flexibility index (Phi) is 5.48. The van der Waals surface area contributed by atoms with Crippen LogP contribution in [0.5, 0.6) is 5.75 Å². The molecule has 0 bridgehead atoms. The number of nitrogens with zero attached hydrogens (tertiary/aromatic N) is 2. The van der Waals surface area contributed by atoms with Gasteiger partial charge < -0.3 is 15.4 Å². The van der Waals surface area contributed by atoms with E-state index in [2.05, 4.69) is 15.6 Å². The normalized spacial score (nSPS) is 18.0. The number of aryl methyl sites for hydroxylation is 2. The van der Waals surface area contributed by atoms with Crippen LogP contribution >= 0.6 is 11.3 Å². The third-order valence-electron chi connectivity index (χ3n) is 5.11. The van der Waals surface area contributed by atoms with Crippen molar-refractivity contribution in [3.8, 4) is 5.75 Å². The van der Waals surface area contributed by atoms with Crippen LogP contribution in [0.1, 0.15) is 35.4 Å². The molecule has 1 aliphatic carbocycles. The van der Waals surface area contributed by atoms with E-state index in [1.54, 1.807) is 19.2 Å². The van der Waals surface area contributed by atoms with Crippen molar-refractivity contribution in [3.63, 3.8) is 0 Å². The van der Waals surface area contributed by atoms with Crippen molar-refractivity contribution in [2.75, 3.05) is 12.4 Å². The number of ether oxygens (including phenoxy) is 1. The zero-order chi connectivity index (χ0) is 20.4. The number of thiazole rings is 1. The largest absolute Gasteiger partial charge is 0.497 e. The Bertz CT molecular complexity index is 919. The fourth-order valence-electron chi connectivity index (χ4n) is 3.54. The number of hydrogen-bond acceptors (Lipinski definition) is 6. The molecule has 0 spiro atoms. The van der Waals surface area contributed by atoms with Crippen LogP contribution in [0, 0.1) is 0 Å². The van der Waals surface area contributed by atoms with Crippen molar-refractivity contribution in [2.45, 2.75) is 44.7 Å². The monoisotopic (exact) mass is 414 g/mol. The Balaban J connectivity index is 1.29. The van der Waals surface area contributed by atoms with Crippen LogP contribution in [0.4, 0.5) is 9.93 Å². The highest BCUT2D eigenvalue weighted by molar-refractivity contribution is 7.15. The Morgan fingerprint density at radius 1 is 1.31 bits per heavy atom. The molecule has 1 aromatic heterocycles. The molecule has 4 rings (SSSR count). The van der Waals surface area contributed by atoms with Crippen LogP contribution in [0.25, 0.3) is 0 Å². The Hall–Kier alpha value is -2.94. The van der Waals surface area contributed by atoms with E-state index in [9.17, 15) is 14.4 Å². The van der Waals surface area contributed by atoms with E-state index in [-0.39, 0.29) is 31.2 Å². The number of rotatable bonds is 7. The standard InChI is InChI=1S/C20H22N4O4S/c1-28-13-7-5-12(6-8-13)11-24-18(26)15(22-20(24)27)9-10-17(25)23-19-21-14-3-2-4-16(14)29-19/h5-8,15H,2-4,9-11H2,1H3,(H,22,27)(H,21,23,25). The molecule has 1 aromatic carbocycles. The predicted molar refractivity (Wildman–Crippen MR) is 108 cm³/mol. The Labute approximate surface area is 172 Å². The summed E-state index contributed by atoms with van der Waals surface area (Å²) in [5.41, 5.74) is 1.90. The molecule has 1 fully saturated rings. The van der Waals surface area contributed by atoms with Crippen LogP contribution < -0.4 is 15.4 Å². The van der Waals surface area contributed by atoms with E-state index in [0.29, 0.717) is 10.9 Å². The van der Waals surface area contributed by atoms with Gasteiger partial charge in [-0.3, -0.25) is 14.5 Å². The summed E-state index contributed by atoms with van der Waals surface area (Å²) in [5.74, 6) is 0.195. The van der Waals surface area contributed by atoms with E-state index in [1.165, 1.54) is 21.1 Å². The zero-order valence-corrected chi connectivity index (χ0v) is 16.9. The first kappa shape index (κ1) is 19.4. The molecule has 0 saturated carbocycles. The number of carbonyl (C=O) groups excluding carboxylic acids is 3.